The Hall–Kier alpha value is -0.410. The van der Waals surface area contributed by atoms with E-state index in [-0.39, 0.29) is 17.2 Å². The number of hydrogen-bond acceptors (Lipinski definition) is 1. The highest BCUT2D eigenvalue weighted by atomic mass is 79.9. The van der Waals surface area contributed by atoms with Crippen molar-refractivity contribution < 1.29 is 9.50 Å². The van der Waals surface area contributed by atoms with E-state index < -0.39 is 5.60 Å². The fraction of sp³-hybridized carbons (Fsp3) is 0.647. The Morgan fingerprint density at radius 3 is 2.60 bits per heavy atom. The molecule has 0 saturated heterocycles. The lowest BCUT2D eigenvalue weighted by molar-refractivity contribution is -0.0889. The van der Waals surface area contributed by atoms with Crippen molar-refractivity contribution >= 4 is 15.9 Å². The average Bonchev–Trinajstić information content (AvgIpc) is 2.25. The van der Waals surface area contributed by atoms with Crippen LogP contribution in [0.5, 0.6) is 0 Å². The van der Waals surface area contributed by atoms with Crippen molar-refractivity contribution in [2.24, 2.45) is 11.3 Å². The Morgan fingerprint density at radius 1 is 1.30 bits per heavy atom. The molecule has 0 radical (unpaired) electrons. The smallest absolute Gasteiger partial charge is 0.124 e. The molecule has 1 N–H and O–H groups in total. The Bertz CT molecular complexity index is 460. The molecule has 0 amide bonds. The Labute approximate surface area is 129 Å². The molecule has 0 bridgehead atoms. The van der Waals surface area contributed by atoms with Crippen molar-refractivity contribution in [3.05, 3.63) is 34.1 Å². The summed E-state index contributed by atoms with van der Waals surface area (Å²) in [6, 6.07) is 4.90. The fourth-order valence-corrected chi connectivity index (χ4v) is 4.25. The maximum atomic E-state index is 13.5. The molecule has 0 aliphatic heterocycles. The molecule has 1 saturated carbocycles. The summed E-state index contributed by atoms with van der Waals surface area (Å²) in [4.78, 5) is 0. The van der Waals surface area contributed by atoms with Crippen LogP contribution in [0, 0.1) is 17.2 Å². The van der Waals surface area contributed by atoms with Gasteiger partial charge in [-0.25, -0.2) is 4.39 Å². The lowest BCUT2D eigenvalue weighted by Gasteiger charge is -2.47. The second-order valence-corrected chi connectivity index (χ2v) is 8.14. The van der Waals surface area contributed by atoms with E-state index in [0.29, 0.717) is 6.42 Å². The minimum Gasteiger partial charge on any atom is -0.389 e. The number of rotatable bonds is 2. The van der Waals surface area contributed by atoms with E-state index in [9.17, 15) is 9.50 Å². The second-order valence-electron chi connectivity index (χ2n) is 7.22. The molecular formula is C17H24BrFO. The van der Waals surface area contributed by atoms with Crippen LogP contribution in [-0.2, 0) is 6.42 Å². The van der Waals surface area contributed by atoms with Crippen molar-refractivity contribution in [1.82, 2.24) is 0 Å². The largest absolute Gasteiger partial charge is 0.389 e. The van der Waals surface area contributed by atoms with Gasteiger partial charge in [-0.2, -0.15) is 0 Å². The zero-order chi connectivity index (χ0) is 15.0. The summed E-state index contributed by atoms with van der Waals surface area (Å²) in [5, 5.41) is 11.2. The summed E-state index contributed by atoms with van der Waals surface area (Å²) in [7, 11) is 0. The van der Waals surface area contributed by atoms with E-state index in [1.165, 1.54) is 18.6 Å². The van der Waals surface area contributed by atoms with Crippen molar-refractivity contribution in [3.63, 3.8) is 0 Å². The molecule has 112 valence electrons. The first-order chi connectivity index (χ1) is 9.21. The lowest BCUT2D eigenvalue weighted by Crippen LogP contribution is -2.48. The van der Waals surface area contributed by atoms with Crippen LogP contribution in [0.4, 0.5) is 4.39 Å². The molecule has 1 aliphatic rings. The first-order valence-electron chi connectivity index (χ1n) is 7.38. The predicted octanol–water partition coefficient (Wildman–Crippen LogP) is 5.10. The van der Waals surface area contributed by atoms with Crippen molar-refractivity contribution in [2.45, 2.75) is 58.5 Å². The maximum absolute atomic E-state index is 13.5. The summed E-state index contributed by atoms with van der Waals surface area (Å²) in [6.45, 7) is 6.57. The second kappa shape index (κ2) is 5.76. The minimum absolute atomic E-state index is 0.0692. The van der Waals surface area contributed by atoms with E-state index in [4.69, 9.17) is 0 Å². The summed E-state index contributed by atoms with van der Waals surface area (Å²) < 4.78 is 14.3. The first kappa shape index (κ1) is 16.0. The molecule has 2 rings (SSSR count). The highest BCUT2D eigenvalue weighted by Crippen LogP contribution is 2.46. The molecule has 1 nitrogen and oxygen atoms in total. The normalized spacial score (nSPS) is 27.6. The molecule has 2 unspecified atom stereocenters. The van der Waals surface area contributed by atoms with Crippen molar-refractivity contribution in [3.8, 4) is 0 Å². The molecule has 3 heteroatoms. The summed E-state index contributed by atoms with van der Waals surface area (Å²) in [6.07, 6.45) is 4.63. The lowest BCUT2D eigenvalue weighted by atomic mass is 9.62. The fourth-order valence-electron chi connectivity index (χ4n) is 3.74. The molecular weight excluding hydrogens is 319 g/mol. The van der Waals surface area contributed by atoms with E-state index in [0.717, 1.165) is 29.3 Å². The molecule has 0 spiro atoms. The van der Waals surface area contributed by atoms with Crippen LogP contribution >= 0.6 is 15.9 Å². The third-order valence-electron chi connectivity index (χ3n) is 4.48. The monoisotopic (exact) mass is 342 g/mol. The van der Waals surface area contributed by atoms with Gasteiger partial charge in [-0.15, -0.1) is 0 Å². The summed E-state index contributed by atoms with van der Waals surface area (Å²) in [5.41, 5.74) is 0.222. The number of benzene rings is 1. The average molecular weight is 343 g/mol. The molecule has 1 aromatic carbocycles. The van der Waals surface area contributed by atoms with Gasteiger partial charge in [-0.05, 0) is 47.9 Å². The third kappa shape index (κ3) is 3.62. The molecule has 20 heavy (non-hydrogen) atoms. The zero-order valence-corrected chi connectivity index (χ0v) is 14.1. The number of hydrogen-bond donors (Lipinski definition) is 1. The molecule has 1 aromatic rings. The number of aliphatic hydroxyl groups is 1. The van der Waals surface area contributed by atoms with Gasteiger partial charge in [-0.1, -0.05) is 49.5 Å². The molecule has 1 aliphatic carbocycles. The molecule has 0 heterocycles. The van der Waals surface area contributed by atoms with Crippen LogP contribution in [0.2, 0.25) is 0 Å². The predicted molar refractivity (Wildman–Crippen MR) is 84.2 cm³/mol. The van der Waals surface area contributed by atoms with Gasteiger partial charge in [0.2, 0.25) is 0 Å². The van der Waals surface area contributed by atoms with Gasteiger partial charge in [0.15, 0.2) is 0 Å². The minimum atomic E-state index is -0.719. The van der Waals surface area contributed by atoms with E-state index in [1.54, 1.807) is 0 Å². The van der Waals surface area contributed by atoms with Gasteiger partial charge in [0, 0.05) is 10.9 Å². The van der Waals surface area contributed by atoms with Gasteiger partial charge < -0.3 is 5.11 Å². The van der Waals surface area contributed by atoms with Crippen molar-refractivity contribution in [2.75, 3.05) is 0 Å². The van der Waals surface area contributed by atoms with E-state index in [2.05, 4.69) is 36.7 Å². The summed E-state index contributed by atoms with van der Waals surface area (Å²) in [5.74, 6) is 0.00638. The van der Waals surface area contributed by atoms with Crippen LogP contribution in [0.25, 0.3) is 0 Å². The standard InChI is InChI=1S/C17H24BrFO/c1-16(2,3)15-6-4-5-7-17(15,20)11-12-8-13(18)10-14(19)9-12/h8-10,15,20H,4-7,11H2,1-3H3. The zero-order valence-electron chi connectivity index (χ0n) is 12.5. The Morgan fingerprint density at radius 2 is 2.00 bits per heavy atom. The Balaban J connectivity index is 2.27. The van der Waals surface area contributed by atoms with Crippen LogP contribution < -0.4 is 0 Å². The van der Waals surface area contributed by atoms with Gasteiger partial charge in [0.05, 0.1) is 5.60 Å². The summed E-state index contributed by atoms with van der Waals surface area (Å²) >= 11 is 3.33. The van der Waals surface area contributed by atoms with Gasteiger partial charge in [-0.3, -0.25) is 0 Å². The quantitative estimate of drug-likeness (QED) is 0.792. The maximum Gasteiger partial charge on any atom is 0.124 e. The van der Waals surface area contributed by atoms with Crippen LogP contribution in [0.1, 0.15) is 52.0 Å². The van der Waals surface area contributed by atoms with Crippen LogP contribution in [0.3, 0.4) is 0 Å². The molecule has 0 aromatic heterocycles. The van der Waals surface area contributed by atoms with Crippen molar-refractivity contribution in [1.29, 1.82) is 0 Å². The highest BCUT2D eigenvalue weighted by Gasteiger charge is 2.44. The van der Waals surface area contributed by atoms with Crippen LogP contribution in [0.15, 0.2) is 22.7 Å². The topological polar surface area (TPSA) is 20.2 Å². The first-order valence-corrected chi connectivity index (χ1v) is 8.17. The van der Waals surface area contributed by atoms with E-state index in [1.807, 2.05) is 6.07 Å². The van der Waals surface area contributed by atoms with Gasteiger partial charge >= 0.3 is 0 Å². The van der Waals surface area contributed by atoms with Gasteiger partial charge in [0.1, 0.15) is 5.82 Å². The SMILES string of the molecule is CC(C)(C)C1CCCCC1(O)Cc1cc(F)cc(Br)c1. The molecule has 1 fully saturated rings. The number of halogens is 2. The van der Waals surface area contributed by atoms with Crippen LogP contribution in [-0.4, -0.2) is 10.7 Å². The van der Waals surface area contributed by atoms with Gasteiger partial charge in [0.25, 0.3) is 0 Å². The molecule has 2 atom stereocenters. The Kier molecular flexibility index (Phi) is 4.60. The van der Waals surface area contributed by atoms with E-state index >= 15 is 0 Å². The third-order valence-corrected chi connectivity index (χ3v) is 4.94. The highest BCUT2D eigenvalue weighted by molar-refractivity contribution is 9.10.